The van der Waals surface area contributed by atoms with E-state index in [4.69, 9.17) is 0 Å². The molecule has 4 heteroatoms. The average molecular weight is 771 g/mol. The molecule has 0 saturated heterocycles. The van der Waals surface area contributed by atoms with Crippen molar-refractivity contribution in [3.63, 3.8) is 0 Å². The Morgan fingerprint density at radius 3 is 1.02 bits per heavy atom. The molecule has 0 amide bonds. The third-order valence-corrected chi connectivity index (χ3v) is 11.7. The molecule has 0 bridgehead atoms. The van der Waals surface area contributed by atoms with Gasteiger partial charge in [0.25, 0.3) is 0 Å². The minimum atomic E-state index is 1.11. The van der Waals surface area contributed by atoms with Gasteiger partial charge >= 0.3 is 0 Å². The van der Waals surface area contributed by atoms with Gasteiger partial charge in [0.15, 0.2) is 0 Å². The van der Waals surface area contributed by atoms with Crippen LogP contribution in [0, 0.1) is 13.8 Å². The summed E-state index contributed by atoms with van der Waals surface area (Å²) in [5.41, 5.74) is 16.2. The lowest BCUT2D eigenvalue weighted by Crippen LogP contribution is -2.10. The second-order valence-electron chi connectivity index (χ2n) is 15.6. The van der Waals surface area contributed by atoms with Crippen LogP contribution in [0.1, 0.15) is 11.1 Å². The zero-order valence-corrected chi connectivity index (χ0v) is 33.6. The number of anilines is 6. The molecule has 0 aliphatic rings. The fourth-order valence-electron chi connectivity index (χ4n) is 9.07. The molecule has 0 aliphatic carbocycles. The molecule has 0 atom stereocenters. The second-order valence-corrected chi connectivity index (χ2v) is 15.6. The summed E-state index contributed by atoms with van der Waals surface area (Å²) in [5.74, 6) is 0. The Kier molecular flexibility index (Phi) is 8.56. The molecule has 11 aromatic rings. The molecule has 2 aromatic heterocycles. The maximum absolute atomic E-state index is 2.43. The van der Waals surface area contributed by atoms with Crippen LogP contribution in [0.15, 0.2) is 218 Å². The zero-order chi connectivity index (χ0) is 40.2. The van der Waals surface area contributed by atoms with Crippen LogP contribution in [0.5, 0.6) is 0 Å². The molecule has 0 radical (unpaired) electrons. The zero-order valence-electron chi connectivity index (χ0n) is 33.6. The highest BCUT2D eigenvalue weighted by molar-refractivity contribution is 6.19. The number of rotatable bonds is 8. The van der Waals surface area contributed by atoms with Crippen molar-refractivity contribution in [3.05, 3.63) is 230 Å². The fraction of sp³-hybridized carbons (Fsp3) is 0.0357. The van der Waals surface area contributed by atoms with E-state index in [0.29, 0.717) is 0 Å². The van der Waals surface area contributed by atoms with Gasteiger partial charge in [0.1, 0.15) is 0 Å². The van der Waals surface area contributed by atoms with E-state index in [9.17, 15) is 0 Å². The van der Waals surface area contributed by atoms with Gasteiger partial charge in [0, 0.05) is 67.0 Å². The van der Waals surface area contributed by atoms with Gasteiger partial charge in [0.05, 0.1) is 22.1 Å². The largest absolute Gasteiger partial charge is 0.310 e. The van der Waals surface area contributed by atoms with Crippen molar-refractivity contribution < 1.29 is 0 Å². The van der Waals surface area contributed by atoms with E-state index in [1.807, 2.05) is 0 Å². The van der Waals surface area contributed by atoms with Crippen LogP contribution < -0.4 is 9.80 Å². The van der Waals surface area contributed by atoms with Crippen LogP contribution >= 0.6 is 0 Å². The first-order chi connectivity index (χ1) is 29.6. The number of nitrogens with zero attached hydrogens (tertiary/aromatic N) is 4. The normalized spacial score (nSPS) is 11.5. The van der Waals surface area contributed by atoms with Crippen LogP contribution in [0.4, 0.5) is 34.1 Å². The summed E-state index contributed by atoms with van der Waals surface area (Å²) < 4.78 is 4.86. The van der Waals surface area contributed by atoms with Crippen molar-refractivity contribution in [2.75, 3.05) is 9.80 Å². The topological polar surface area (TPSA) is 16.3 Å². The van der Waals surface area contributed by atoms with Crippen molar-refractivity contribution in [2.45, 2.75) is 13.8 Å². The highest BCUT2D eigenvalue weighted by atomic mass is 15.1. The highest BCUT2D eigenvalue weighted by Crippen LogP contribution is 2.42. The third-order valence-electron chi connectivity index (χ3n) is 11.7. The Bertz CT molecular complexity index is 3100. The molecular weight excluding hydrogens is 729 g/mol. The Balaban J connectivity index is 1.05. The monoisotopic (exact) mass is 770 g/mol. The molecule has 60 heavy (non-hydrogen) atoms. The number of hydrogen-bond donors (Lipinski definition) is 0. The number of para-hydroxylation sites is 4. The molecule has 0 unspecified atom stereocenters. The van der Waals surface area contributed by atoms with E-state index in [1.165, 1.54) is 54.7 Å². The van der Waals surface area contributed by atoms with Gasteiger partial charge in [-0.2, -0.15) is 0 Å². The van der Waals surface area contributed by atoms with Crippen LogP contribution in [-0.4, -0.2) is 9.13 Å². The molecule has 4 nitrogen and oxygen atoms in total. The van der Waals surface area contributed by atoms with Crippen LogP contribution in [0.3, 0.4) is 0 Å². The van der Waals surface area contributed by atoms with Gasteiger partial charge in [-0.1, -0.05) is 97.1 Å². The summed E-state index contributed by atoms with van der Waals surface area (Å²) in [6.45, 7) is 4.30. The Labute approximate surface area is 350 Å². The maximum atomic E-state index is 2.43. The first-order valence-electron chi connectivity index (χ1n) is 20.6. The van der Waals surface area contributed by atoms with Gasteiger partial charge in [0.2, 0.25) is 0 Å². The van der Waals surface area contributed by atoms with Crippen molar-refractivity contribution in [1.29, 1.82) is 0 Å². The third kappa shape index (κ3) is 6.00. The SMILES string of the molecule is Cc1cccc(N(c2ccccc2)c2ccc(-n3c4ccccc4c4cc5c(cc43)c3ccccc3n5-c3ccc(N(c4ccccc4)c4cccc(C)c4)cc3)cc2)c1. The standard InChI is InChI=1S/C56H42N4/c1-39-15-13-21-47(35-39)57(41-17-5-3-6-18-41)43-27-31-45(32-28-43)59-53-25-11-9-23-49(53)51-38-56-52(37-55(51)59)50-24-10-12-26-54(50)60(56)46-33-29-44(30-34-46)58(42-19-7-4-8-20-42)48-22-14-16-40(2)36-48/h3-38H,1-2H3. The molecule has 0 saturated carbocycles. The Morgan fingerprint density at radius 2 is 0.617 bits per heavy atom. The van der Waals surface area contributed by atoms with Gasteiger partial charge in [-0.15, -0.1) is 0 Å². The van der Waals surface area contributed by atoms with Crippen molar-refractivity contribution in [2.24, 2.45) is 0 Å². The summed E-state index contributed by atoms with van der Waals surface area (Å²) >= 11 is 0. The predicted octanol–water partition coefficient (Wildman–Crippen LogP) is 15.4. The van der Waals surface area contributed by atoms with E-state index >= 15 is 0 Å². The van der Waals surface area contributed by atoms with E-state index in [2.05, 4.69) is 251 Å². The number of fused-ring (bicyclic) bond motifs is 6. The summed E-state index contributed by atoms with van der Waals surface area (Å²) in [6, 6.07) is 79.1. The molecule has 0 aliphatic heterocycles. The van der Waals surface area contributed by atoms with Crippen LogP contribution in [-0.2, 0) is 0 Å². The van der Waals surface area contributed by atoms with E-state index < -0.39 is 0 Å². The van der Waals surface area contributed by atoms with E-state index in [1.54, 1.807) is 0 Å². The smallest absolute Gasteiger partial charge is 0.0548 e. The highest BCUT2D eigenvalue weighted by Gasteiger charge is 2.20. The molecule has 286 valence electrons. The lowest BCUT2D eigenvalue weighted by molar-refractivity contribution is 1.17. The minimum absolute atomic E-state index is 1.11. The van der Waals surface area contributed by atoms with Gasteiger partial charge in [-0.25, -0.2) is 0 Å². The van der Waals surface area contributed by atoms with E-state index in [0.717, 1.165) is 45.5 Å². The fourth-order valence-corrected chi connectivity index (χ4v) is 9.07. The number of benzene rings is 9. The van der Waals surface area contributed by atoms with Crippen LogP contribution in [0.25, 0.3) is 55.0 Å². The number of hydrogen-bond acceptors (Lipinski definition) is 2. The molecule has 0 N–H and O–H groups in total. The second kappa shape index (κ2) is 14.5. The van der Waals surface area contributed by atoms with Crippen LogP contribution in [0.2, 0.25) is 0 Å². The first-order valence-corrected chi connectivity index (χ1v) is 20.6. The maximum Gasteiger partial charge on any atom is 0.0548 e. The molecular formula is C56H42N4. The first kappa shape index (κ1) is 35.4. The van der Waals surface area contributed by atoms with Crippen molar-refractivity contribution in [3.8, 4) is 11.4 Å². The summed E-state index contributed by atoms with van der Waals surface area (Å²) in [7, 11) is 0. The molecule has 2 heterocycles. The lowest BCUT2D eigenvalue weighted by Gasteiger charge is -2.26. The molecule has 0 fully saturated rings. The Morgan fingerprint density at radius 1 is 0.267 bits per heavy atom. The summed E-state index contributed by atoms with van der Waals surface area (Å²) in [5, 5.41) is 4.91. The lowest BCUT2D eigenvalue weighted by atomic mass is 10.1. The van der Waals surface area contributed by atoms with E-state index in [-0.39, 0.29) is 0 Å². The number of aryl methyl sites for hydroxylation is 2. The quantitative estimate of drug-likeness (QED) is 0.153. The summed E-state index contributed by atoms with van der Waals surface area (Å²) in [6.07, 6.45) is 0. The van der Waals surface area contributed by atoms with Crippen molar-refractivity contribution in [1.82, 2.24) is 9.13 Å². The van der Waals surface area contributed by atoms with Gasteiger partial charge in [-0.05, 0) is 146 Å². The minimum Gasteiger partial charge on any atom is -0.310 e. The predicted molar refractivity (Wildman–Crippen MR) is 254 cm³/mol. The molecule has 9 aromatic carbocycles. The Hall–Kier alpha value is -7.82. The molecule has 11 rings (SSSR count). The summed E-state index contributed by atoms with van der Waals surface area (Å²) in [4.78, 5) is 4.66. The number of aromatic nitrogens is 2. The molecule has 0 spiro atoms. The van der Waals surface area contributed by atoms with Gasteiger partial charge < -0.3 is 18.9 Å². The van der Waals surface area contributed by atoms with Crippen molar-refractivity contribution >= 4 is 77.7 Å². The van der Waals surface area contributed by atoms with Gasteiger partial charge in [-0.3, -0.25) is 0 Å². The average Bonchev–Trinajstić information content (AvgIpc) is 3.79.